The first-order valence-corrected chi connectivity index (χ1v) is 21.2. The van der Waals surface area contributed by atoms with Crippen molar-refractivity contribution >= 4 is 44.6 Å². The number of hydrogen-bond acceptors (Lipinski definition) is 10. The van der Waals surface area contributed by atoms with Crippen LogP contribution in [0.15, 0.2) is 30.4 Å². The first kappa shape index (κ1) is 39.9. The number of methoxy groups -OCH3 is 1. The number of carbonyl (C=O) groups excluding carboxylic acids is 4. The van der Waals surface area contributed by atoms with Gasteiger partial charge in [-0.05, 0) is 91.3 Å². The summed E-state index contributed by atoms with van der Waals surface area (Å²) in [6.07, 6.45) is 5.91. The van der Waals surface area contributed by atoms with Crippen LogP contribution in [0.5, 0.6) is 11.5 Å². The molecule has 0 unspecified atom stereocenters. The molecule has 304 valence electrons. The summed E-state index contributed by atoms with van der Waals surface area (Å²) in [6, 6.07) is 3.97. The largest absolute Gasteiger partial charge is 0.497 e. The van der Waals surface area contributed by atoms with Gasteiger partial charge in [0.25, 0.3) is 5.91 Å². The number of hydrogen-bond donors (Lipinski definition) is 2. The van der Waals surface area contributed by atoms with E-state index in [1.807, 2.05) is 12.2 Å². The quantitative estimate of drug-likeness (QED) is 0.284. The molecule has 13 nitrogen and oxygen atoms in total. The van der Waals surface area contributed by atoms with E-state index >= 15 is 4.39 Å². The topological polar surface area (TPSA) is 170 Å². The van der Waals surface area contributed by atoms with E-state index < -0.39 is 79.3 Å². The number of allylic oxidation sites excluding steroid dienone is 1. The van der Waals surface area contributed by atoms with Crippen molar-refractivity contribution < 1.29 is 46.2 Å². The number of nitrogens with one attached hydrogen (secondary N) is 2. The van der Waals surface area contributed by atoms with E-state index in [1.165, 1.54) is 12.0 Å². The zero-order valence-electron chi connectivity index (χ0n) is 33.0. The van der Waals surface area contributed by atoms with E-state index in [-0.39, 0.29) is 38.0 Å². The lowest BCUT2D eigenvalue weighted by Gasteiger charge is -2.38. The average molecular weight is 797 g/mol. The molecule has 0 bridgehead atoms. The van der Waals surface area contributed by atoms with E-state index in [0.717, 1.165) is 12.8 Å². The average Bonchev–Trinajstić information content (AvgIpc) is 4.01. The van der Waals surface area contributed by atoms with Gasteiger partial charge in [-0.25, -0.2) is 17.8 Å². The van der Waals surface area contributed by atoms with Crippen molar-refractivity contribution in [2.75, 3.05) is 13.7 Å². The Balaban J connectivity index is 1.26. The van der Waals surface area contributed by atoms with Crippen LogP contribution in [0.25, 0.3) is 10.9 Å². The molecule has 2 aliphatic carbocycles. The monoisotopic (exact) mass is 796 g/mol. The number of alkyl halides is 1. The minimum absolute atomic E-state index is 0.117. The number of aryl methyl sites for hydroxylation is 1. The third-order valence-corrected chi connectivity index (χ3v) is 14.3. The highest BCUT2D eigenvalue weighted by Gasteiger charge is 2.64. The summed E-state index contributed by atoms with van der Waals surface area (Å²) in [5, 5.41) is 3.41. The lowest BCUT2D eigenvalue weighted by molar-refractivity contribution is -0.159. The second-order valence-corrected chi connectivity index (χ2v) is 19.9. The molecular formula is C41H53FN4O9S. The number of benzene rings is 1. The summed E-state index contributed by atoms with van der Waals surface area (Å²) < 4.78 is 62.2. The van der Waals surface area contributed by atoms with Gasteiger partial charge in [-0.1, -0.05) is 25.0 Å². The van der Waals surface area contributed by atoms with E-state index in [4.69, 9.17) is 14.2 Å². The molecule has 7 rings (SSSR count). The third-order valence-electron chi connectivity index (χ3n) is 12.1. The van der Waals surface area contributed by atoms with Crippen molar-refractivity contribution in [3.63, 3.8) is 0 Å². The molecule has 1 spiro atoms. The molecule has 1 aromatic heterocycles. The first-order chi connectivity index (χ1) is 26.3. The standard InChI is InChI=1S/C41H53FN4O9S/c1-24-34-33(28-19-27(53-6)14-15-30(28)43-24)29(42)21-40(55-34)22-31-35(48)44-41(37(50)45-56(51,52)39(5)16-17-39)20-26(41)13-11-9-7-8-10-12-25(36(49)46(31)23-40)18-32(47)54-38(2,3)4/h11,13-15,19,25-26,29,31H,7-10,12,16-18,20-23H2,1-6H3,(H,44,48)(H,45,50)/b13-11-/t25-,26-,29+,31+,40-,41-/m1/s1. The highest BCUT2D eigenvalue weighted by molar-refractivity contribution is 7.91. The van der Waals surface area contributed by atoms with Crippen LogP contribution < -0.4 is 19.5 Å². The van der Waals surface area contributed by atoms with Crippen LogP contribution in [0.3, 0.4) is 0 Å². The number of amides is 3. The van der Waals surface area contributed by atoms with E-state index in [0.29, 0.717) is 60.0 Å². The van der Waals surface area contributed by atoms with Gasteiger partial charge in [0.1, 0.15) is 40.5 Å². The summed E-state index contributed by atoms with van der Waals surface area (Å²) >= 11 is 0. The van der Waals surface area contributed by atoms with E-state index in [9.17, 15) is 27.6 Å². The summed E-state index contributed by atoms with van der Waals surface area (Å²) in [6.45, 7) is 8.37. The van der Waals surface area contributed by atoms with Crippen molar-refractivity contribution in [1.29, 1.82) is 0 Å². The predicted molar refractivity (Wildman–Crippen MR) is 205 cm³/mol. The minimum atomic E-state index is -4.03. The molecule has 5 aliphatic rings. The SMILES string of the molecule is COc1ccc2nc(C)c3c(c2c1)[C@@H](F)C[C@]1(C[C@H]2C(=O)N[C@]4(C(=O)NS(=O)(=O)C5(C)CC5)C[C@H]4/C=C\CCCCC[C@H](CC(=O)OC(C)(C)C)C(=O)N2C1)O3. The van der Waals surface area contributed by atoms with Crippen molar-refractivity contribution in [1.82, 2.24) is 19.9 Å². The van der Waals surface area contributed by atoms with Gasteiger partial charge in [0, 0.05) is 35.6 Å². The van der Waals surface area contributed by atoms with Crippen LogP contribution in [0, 0.1) is 18.8 Å². The van der Waals surface area contributed by atoms with Gasteiger partial charge in [-0.2, -0.15) is 0 Å². The molecule has 4 heterocycles. The second-order valence-electron chi connectivity index (χ2n) is 17.7. The van der Waals surface area contributed by atoms with Crippen molar-refractivity contribution in [2.45, 2.75) is 139 Å². The highest BCUT2D eigenvalue weighted by atomic mass is 32.2. The molecule has 3 amide bonds. The molecule has 1 saturated heterocycles. The maximum absolute atomic E-state index is 16.8. The highest BCUT2D eigenvalue weighted by Crippen LogP contribution is 2.52. The Kier molecular flexibility index (Phi) is 10.2. The molecule has 1 aromatic carbocycles. The summed E-state index contributed by atoms with van der Waals surface area (Å²) in [4.78, 5) is 62.6. The molecule has 56 heavy (non-hydrogen) atoms. The molecular weight excluding hydrogens is 744 g/mol. The Bertz CT molecular complexity index is 2100. The van der Waals surface area contributed by atoms with Gasteiger partial charge >= 0.3 is 5.97 Å². The molecule has 2 aromatic rings. The smallest absolute Gasteiger partial charge is 0.307 e. The molecule has 0 radical (unpaired) electrons. The normalized spacial score (nSPS) is 30.7. The number of halogens is 1. The number of pyridine rings is 1. The van der Waals surface area contributed by atoms with Crippen molar-refractivity contribution in [3.05, 3.63) is 41.6 Å². The van der Waals surface area contributed by atoms with Crippen molar-refractivity contribution in [3.8, 4) is 11.5 Å². The molecule has 6 atom stereocenters. The van der Waals surface area contributed by atoms with Crippen LogP contribution in [0.4, 0.5) is 4.39 Å². The number of nitrogens with zero attached hydrogens (tertiary/aromatic N) is 2. The number of sulfonamides is 1. The minimum Gasteiger partial charge on any atom is -0.497 e. The number of aromatic nitrogens is 1. The Morgan fingerprint density at radius 2 is 1.88 bits per heavy atom. The maximum Gasteiger partial charge on any atom is 0.307 e. The Hall–Kier alpha value is -4.27. The number of esters is 1. The maximum atomic E-state index is 16.8. The van der Waals surface area contributed by atoms with E-state index in [1.54, 1.807) is 52.8 Å². The third kappa shape index (κ3) is 7.59. The number of carbonyl (C=O) groups is 4. The number of rotatable bonds is 6. The Labute approximate surface area is 327 Å². The molecule has 3 fully saturated rings. The van der Waals surface area contributed by atoms with E-state index in [2.05, 4.69) is 15.0 Å². The van der Waals surface area contributed by atoms with Crippen LogP contribution in [-0.2, 0) is 33.9 Å². The fourth-order valence-electron chi connectivity index (χ4n) is 8.55. The Morgan fingerprint density at radius 3 is 2.57 bits per heavy atom. The summed E-state index contributed by atoms with van der Waals surface area (Å²) in [5.74, 6) is -3.12. The Morgan fingerprint density at radius 1 is 1.12 bits per heavy atom. The van der Waals surface area contributed by atoms with Crippen LogP contribution in [0.2, 0.25) is 0 Å². The van der Waals surface area contributed by atoms with Gasteiger partial charge in [0.05, 0.1) is 36.0 Å². The van der Waals surface area contributed by atoms with Gasteiger partial charge in [0.15, 0.2) is 0 Å². The summed E-state index contributed by atoms with van der Waals surface area (Å²) in [5.41, 5.74) is -2.41. The predicted octanol–water partition coefficient (Wildman–Crippen LogP) is 5.43. The lowest BCUT2D eigenvalue weighted by Crippen LogP contribution is -2.57. The summed E-state index contributed by atoms with van der Waals surface area (Å²) in [7, 11) is -2.51. The lowest BCUT2D eigenvalue weighted by atomic mass is 9.86. The number of fused-ring (bicyclic) bond motifs is 5. The fraction of sp³-hybridized carbons (Fsp3) is 0.634. The van der Waals surface area contributed by atoms with Crippen LogP contribution >= 0.6 is 0 Å². The zero-order valence-corrected chi connectivity index (χ0v) is 33.9. The molecule has 2 saturated carbocycles. The zero-order chi connectivity index (χ0) is 40.4. The van der Waals surface area contributed by atoms with Gasteiger partial charge in [-0.3, -0.25) is 23.9 Å². The van der Waals surface area contributed by atoms with Crippen LogP contribution in [0.1, 0.15) is 116 Å². The molecule has 2 N–H and O–H groups in total. The van der Waals surface area contributed by atoms with Gasteiger partial charge < -0.3 is 24.4 Å². The first-order valence-electron chi connectivity index (χ1n) is 19.7. The van der Waals surface area contributed by atoms with Gasteiger partial charge in [0.2, 0.25) is 21.8 Å². The fourth-order valence-corrected chi connectivity index (χ4v) is 9.87. The second kappa shape index (κ2) is 14.3. The molecule has 15 heteroatoms. The van der Waals surface area contributed by atoms with Crippen molar-refractivity contribution in [2.24, 2.45) is 11.8 Å². The number of ether oxygens (including phenoxy) is 3. The molecule has 3 aliphatic heterocycles. The van der Waals surface area contributed by atoms with Crippen LogP contribution in [-0.4, -0.2) is 83.2 Å². The van der Waals surface area contributed by atoms with Gasteiger partial charge in [-0.15, -0.1) is 0 Å².